The van der Waals surface area contributed by atoms with Crippen LogP contribution in [0.5, 0.6) is 0 Å². The molecule has 5 rings (SSSR count). The Morgan fingerprint density at radius 1 is 1.11 bits per heavy atom. The van der Waals surface area contributed by atoms with Crippen LogP contribution in [0.1, 0.15) is 23.1 Å². The zero-order valence-electron chi connectivity index (χ0n) is 19.1. The van der Waals surface area contributed by atoms with Gasteiger partial charge in [0.2, 0.25) is 10.0 Å². The Labute approximate surface area is 202 Å². The Hall–Kier alpha value is -3.54. The molecule has 4 aromatic rings. The number of hydrogen-bond donors (Lipinski definition) is 0. The van der Waals surface area contributed by atoms with Gasteiger partial charge in [0.25, 0.3) is 0 Å². The fourth-order valence-corrected chi connectivity index (χ4v) is 5.49. The molecule has 2 aromatic heterocycles. The summed E-state index contributed by atoms with van der Waals surface area (Å²) in [5, 5.41) is 0. The number of oxazole rings is 1. The average Bonchev–Trinajstić information content (AvgIpc) is 3.55. The predicted molar refractivity (Wildman–Crippen MR) is 126 cm³/mol. The number of rotatable bonds is 7. The zero-order chi connectivity index (χ0) is 24.4. The average molecular weight is 497 g/mol. The van der Waals surface area contributed by atoms with E-state index in [0.29, 0.717) is 55.5 Å². The number of carbonyl (C=O) groups excluding carboxylic acids is 1. The van der Waals surface area contributed by atoms with Gasteiger partial charge < -0.3 is 18.5 Å². The maximum absolute atomic E-state index is 13.0. The molecule has 11 heteroatoms. The Balaban J connectivity index is 1.34. The van der Waals surface area contributed by atoms with Gasteiger partial charge in [0, 0.05) is 25.2 Å². The lowest BCUT2D eigenvalue weighted by Crippen LogP contribution is -2.40. The zero-order valence-corrected chi connectivity index (χ0v) is 19.9. The molecule has 182 valence electrons. The molecule has 2 aromatic carbocycles. The number of benzene rings is 2. The van der Waals surface area contributed by atoms with Crippen molar-refractivity contribution >= 4 is 27.0 Å². The number of carbonyl (C=O) groups is 1. The molecule has 0 spiro atoms. The highest BCUT2D eigenvalue weighted by Gasteiger charge is 2.27. The summed E-state index contributed by atoms with van der Waals surface area (Å²) in [7, 11) is -3.64. The third-order valence-corrected chi connectivity index (χ3v) is 7.79. The lowest BCUT2D eigenvalue weighted by atomic mass is 10.1. The van der Waals surface area contributed by atoms with Gasteiger partial charge in [0.15, 0.2) is 12.2 Å². The standard InChI is InChI=1S/C24H24N4O6S/c1-2-28-21-8-7-19(35(30,31)27-9-11-32-12-10-27)13-20(21)26-23(28)15-33-24(29)18-5-3-17(4-6-18)22-14-25-16-34-22/h3-8,13-14,16H,2,9-12,15H2,1H3. The van der Waals surface area contributed by atoms with Crippen LogP contribution in [0.25, 0.3) is 22.4 Å². The molecular weight excluding hydrogens is 472 g/mol. The Morgan fingerprint density at radius 3 is 2.57 bits per heavy atom. The third-order valence-electron chi connectivity index (χ3n) is 5.89. The molecule has 1 aliphatic rings. The summed E-state index contributed by atoms with van der Waals surface area (Å²) in [6.07, 6.45) is 2.94. The molecule has 0 radical (unpaired) electrons. The number of sulfonamides is 1. The van der Waals surface area contributed by atoms with E-state index >= 15 is 0 Å². The number of morpholine rings is 1. The molecule has 1 saturated heterocycles. The Morgan fingerprint density at radius 2 is 1.89 bits per heavy atom. The molecule has 1 fully saturated rings. The van der Waals surface area contributed by atoms with Crippen LogP contribution in [0.3, 0.4) is 0 Å². The first-order valence-corrected chi connectivity index (χ1v) is 12.6. The van der Waals surface area contributed by atoms with Crippen molar-refractivity contribution in [2.45, 2.75) is 25.0 Å². The highest BCUT2D eigenvalue weighted by atomic mass is 32.2. The number of ether oxygens (including phenoxy) is 2. The first kappa shape index (κ1) is 23.2. The molecule has 3 heterocycles. The van der Waals surface area contributed by atoms with E-state index in [1.807, 2.05) is 11.5 Å². The number of esters is 1. The van der Waals surface area contributed by atoms with E-state index in [4.69, 9.17) is 13.9 Å². The van der Waals surface area contributed by atoms with E-state index in [-0.39, 0.29) is 11.5 Å². The van der Waals surface area contributed by atoms with E-state index < -0.39 is 16.0 Å². The SMILES string of the molecule is CCn1c(COC(=O)c2ccc(-c3cnco3)cc2)nc2cc(S(=O)(=O)N3CCOCC3)ccc21. The summed E-state index contributed by atoms with van der Waals surface area (Å²) in [5.74, 6) is 0.658. The second-order valence-corrected chi connectivity index (χ2v) is 9.90. The fourth-order valence-electron chi connectivity index (χ4n) is 4.06. The maximum atomic E-state index is 13.0. The Kier molecular flexibility index (Phi) is 6.37. The second kappa shape index (κ2) is 9.61. The lowest BCUT2D eigenvalue weighted by molar-refractivity contribution is 0.0458. The van der Waals surface area contributed by atoms with Crippen LogP contribution in [0.15, 0.2) is 64.4 Å². The van der Waals surface area contributed by atoms with Gasteiger partial charge >= 0.3 is 5.97 Å². The van der Waals surface area contributed by atoms with Crippen molar-refractivity contribution in [1.82, 2.24) is 18.8 Å². The van der Waals surface area contributed by atoms with Gasteiger partial charge in [-0.2, -0.15) is 4.31 Å². The van der Waals surface area contributed by atoms with Gasteiger partial charge in [-0.15, -0.1) is 0 Å². The largest absolute Gasteiger partial charge is 0.454 e. The maximum Gasteiger partial charge on any atom is 0.338 e. The molecule has 0 unspecified atom stereocenters. The van der Waals surface area contributed by atoms with Gasteiger partial charge in [0.1, 0.15) is 12.4 Å². The van der Waals surface area contributed by atoms with Gasteiger partial charge in [-0.25, -0.2) is 23.2 Å². The van der Waals surface area contributed by atoms with Crippen molar-refractivity contribution in [2.75, 3.05) is 26.3 Å². The molecule has 0 atom stereocenters. The summed E-state index contributed by atoms with van der Waals surface area (Å²) in [6.45, 7) is 3.90. The van der Waals surface area contributed by atoms with Crippen molar-refractivity contribution < 1.29 is 27.1 Å². The molecule has 0 amide bonds. The minimum absolute atomic E-state index is 0.0449. The first-order valence-electron chi connectivity index (χ1n) is 11.2. The van der Waals surface area contributed by atoms with Crippen LogP contribution in [0.2, 0.25) is 0 Å². The van der Waals surface area contributed by atoms with Gasteiger partial charge in [0.05, 0.1) is 40.9 Å². The number of fused-ring (bicyclic) bond motifs is 1. The minimum Gasteiger partial charge on any atom is -0.454 e. The van der Waals surface area contributed by atoms with Gasteiger partial charge in [-0.3, -0.25) is 0 Å². The van der Waals surface area contributed by atoms with Crippen LogP contribution in [0, 0.1) is 0 Å². The van der Waals surface area contributed by atoms with Crippen molar-refractivity contribution in [3.8, 4) is 11.3 Å². The number of aromatic nitrogens is 3. The highest BCUT2D eigenvalue weighted by molar-refractivity contribution is 7.89. The normalized spacial score (nSPS) is 14.9. The van der Waals surface area contributed by atoms with Crippen molar-refractivity contribution in [3.05, 3.63) is 66.4 Å². The molecule has 1 aliphatic heterocycles. The summed E-state index contributed by atoms with van der Waals surface area (Å²) >= 11 is 0. The molecule has 0 aliphatic carbocycles. The van der Waals surface area contributed by atoms with Crippen molar-refractivity contribution in [1.29, 1.82) is 0 Å². The van der Waals surface area contributed by atoms with Crippen LogP contribution in [0.4, 0.5) is 0 Å². The predicted octanol–water partition coefficient (Wildman–Crippen LogP) is 3.09. The van der Waals surface area contributed by atoms with Crippen LogP contribution in [-0.2, 0) is 32.6 Å². The molecule has 10 nitrogen and oxygen atoms in total. The number of hydrogen-bond acceptors (Lipinski definition) is 8. The summed E-state index contributed by atoms with van der Waals surface area (Å²) in [6, 6.07) is 11.7. The van der Waals surface area contributed by atoms with Crippen LogP contribution < -0.4 is 0 Å². The highest BCUT2D eigenvalue weighted by Crippen LogP contribution is 2.24. The molecule has 35 heavy (non-hydrogen) atoms. The van der Waals surface area contributed by atoms with E-state index in [0.717, 1.165) is 11.1 Å². The fraction of sp³-hybridized carbons (Fsp3) is 0.292. The van der Waals surface area contributed by atoms with E-state index in [2.05, 4.69) is 9.97 Å². The van der Waals surface area contributed by atoms with E-state index in [1.54, 1.807) is 48.7 Å². The quantitative estimate of drug-likeness (QED) is 0.358. The monoisotopic (exact) mass is 496 g/mol. The van der Waals surface area contributed by atoms with Crippen molar-refractivity contribution in [3.63, 3.8) is 0 Å². The van der Waals surface area contributed by atoms with Crippen LogP contribution in [-0.4, -0.2) is 59.5 Å². The number of aryl methyl sites for hydroxylation is 1. The number of nitrogens with zero attached hydrogens (tertiary/aromatic N) is 4. The van der Waals surface area contributed by atoms with Gasteiger partial charge in [-0.05, 0) is 37.3 Å². The smallest absolute Gasteiger partial charge is 0.338 e. The number of imidazole rings is 1. The summed E-state index contributed by atoms with van der Waals surface area (Å²) in [4.78, 5) is 21.2. The molecule has 0 saturated carbocycles. The summed E-state index contributed by atoms with van der Waals surface area (Å²) in [5.41, 5.74) is 2.50. The van der Waals surface area contributed by atoms with Crippen LogP contribution >= 0.6 is 0 Å². The second-order valence-electron chi connectivity index (χ2n) is 7.96. The lowest BCUT2D eigenvalue weighted by Gasteiger charge is -2.26. The first-order chi connectivity index (χ1) is 17.0. The molecule has 0 bridgehead atoms. The Bertz CT molecular complexity index is 1440. The molecule has 0 N–H and O–H groups in total. The van der Waals surface area contributed by atoms with E-state index in [1.165, 1.54) is 10.7 Å². The topological polar surface area (TPSA) is 117 Å². The summed E-state index contributed by atoms with van der Waals surface area (Å²) < 4.78 is 45.4. The molecular formula is C24H24N4O6S. The van der Waals surface area contributed by atoms with Crippen molar-refractivity contribution in [2.24, 2.45) is 0 Å². The third kappa shape index (κ3) is 4.57. The van der Waals surface area contributed by atoms with E-state index in [9.17, 15) is 13.2 Å². The van der Waals surface area contributed by atoms with Gasteiger partial charge in [-0.1, -0.05) is 12.1 Å². The minimum atomic E-state index is -3.64.